The molecule has 1 aliphatic rings. The Morgan fingerprint density at radius 2 is 2.06 bits per heavy atom. The van der Waals surface area contributed by atoms with Crippen LogP contribution in [0.1, 0.15) is 16.7 Å². The van der Waals surface area contributed by atoms with E-state index in [4.69, 9.17) is 0 Å². The van der Waals surface area contributed by atoms with Crippen molar-refractivity contribution in [2.24, 2.45) is 5.92 Å². The first-order valence-corrected chi connectivity index (χ1v) is 6.60. The van der Waals surface area contributed by atoms with E-state index in [9.17, 15) is 0 Å². The fourth-order valence-electron chi connectivity index (χ4n) is 2.39. The molecule has 0 unspecified atom stereocenters. The van der Waals surface area contributed by atoms with Crippen LogP contribution in [0.4, 0.5) is 0 Å². The molecule has 0 bridgehead atoms. The lowest BCUT2D eigenvalue weighted by Crippen LogP contribution is -2.47. The first-order valence-electron chi connectivity index (χ1n) is 6.60. The normalized spacial score (nSPS) is 16.2. The summed E-state index contributed by atoms with van der Waals surface area (Å²) >= 11 is 0. The molecule has 94 valence electrons. The fourth-order valence-corrected chi connectivity index (χ4v) is 2.39. The van der Waals surface area contributed by atoms with Gasteiger partial charge in [0.2, 0.25) is 0 Å². The lowest BCUT2D eigenvalue weighted by Gasteiger charge is -2.31. The molecule has 0 aliphatic carbocycles. The molecule has 2 heteroatoms. The van der Waals surface area contributed by atoms with Crippen molar-refractivity contribution in [3.05, 3.63) is 34.9 Å². The van der Waals surface area contributed by atoms with Crippen molar-refractivity contribution in [2.45, 2.75) is 20.3 Å². The molecule has 2 nitrogen and oxygen atoms in total. The summed E-state index contributed by atoms with van der Waals surface area (Å²) in [5.74, 6) is 0.874. The van der Waals surface area contributed by atoms with Crippen LogP contribution in [0.15, 0.2) is 18.2 Å². The van der Waals surface area contributed by atoms with Gasteiger partial charge in [-0.2, -0.15) is 0 Å². The Morgan fingerprint density at radius 1 is 1.29 bits per heavy atom. The molecule has 1 N–H and O–H groups in total. The number of hydrogen-bond donors (Lipinski definition) is 1. The minimum atomic E-state index is 0.874. The first kappa shape index (κ1) is 12.6. The van der Waals surface area contributed by atoms with Crippen molar-refractivity contribution < 1.29 is 0 Å². The summed E-state index contributed by atoms with van der Waals surface area (Å²) in [7, 11) is 2.24. The van der Waals surface area contributed by atoms with E-state index in [1.807, 2.05) is 0 Å². The van der Waals surface area contributed by atoms with Crippen LogP contribution < -0.4 is 5.32 Å². The van der Waals surface area contributed by atoms with Gasteiger partial charge in [0.05, 0.1) is 0 Å². The van der Waals surface area contributed by atoms with Crippen LogP contribution in [0.3, 0.4) is 0 Å². The van der Waals surface area contributed by atoms with E-state index in [1.54, 1.807) is 0 Å². The number of nitrogens with one attached hydrogen (secondary N) is 1. The molecule has 1 aromatic rings. The van der Waals surface area contributed by atoms with Gasteiger partial charge >= 0.3 is 0 Å². The van der Waals surface area contributed by atoms with Crippen LogP contribution in [-0.4, -0.2) is 38.1 Å². The molecular weight excluding hydrogens is 208 g/mol. The molecule has 17 heavy (non-hydrogen) atoms. The second-order valence-corrected chi connectivity index (χ2v) is 5.47. The Bertz CT molecular complexity index is 369. The molecule has 0 saturated carbocycles. The largest absolute Gasteiger partial charge is 0.316 e. The van der Waals surface area contributed by atoms with E-state index in [0.717, 1.165) is 5.92 Å². The van der Waals surface area contributed by atoms with E-state index >= 15 is 0 Å². The number of hydrogen-bond acceptors (Lipinski definition) is 2. The van der Waals surface area contributed by atoms with Gasteiger partial charge in [-0.25, -0.2) is 0 Å². The number of nitrogens with zero attached hydrogens (tertiary/aromatic N) is 1. The lowest BCUT2D eigenvalue weighted by molar-refractivity contribution is 0.226. The zero-order chi connectivity index (χ0) is 12.3. The molecule has 1 aromatic carbocycles. The van der Waals surface area contributed by atoms with Crippen LogP contribution in [-0.2, 0) is 6.42 Å². The maximum Gasteiger partial charge on any atom is 0.00311 e. The Morgan fingerprint density at radius 3 is 2.71 bits per heavy atom. The van der Waals surface area contributed by atoms with Crippen molar-refractivity contribution in [3.63, 3.8) is 0 Å². The molecule has 0 aromatic heterocycles. The Balaban J connectivity index is 1.81. The molecule has 0 amide bonds. The molecule has 1 saturated heterocycles. The van der Waals surface area contributed by atoms with Gasteiger partial charge in [-0.1, -0.05) is 23.8 Å². The van der Waals surface area contributed by atoms with Crippen LogP contribution in [0.5, 0.6) is 0 Å². The highest BCUT2D eigenvalue weighted by Gasteiger charge is 2.18. The van der Waals surface area contributed by atoms with Crippen LogP contribution in [0.2, 0.25) is 0 Å². The summed E-state index contributed by atoms with van der Waals surface area (Å²) in [6.45, 7) is 9.19. The van der Waals surface area contributed by atoms with E-state index in [-0.39, 0.29) is 0 Å². The highest BCUT2D eigenvalue weighted by Crippen LogP contribution is 2.12. The van der Waals surface area contributed by atoms with Gasteiger partial charge in [0.1, 0.15) is 0 Å². The summed E-state index contributed by atoms with van der Waals surface area (Å²) < 4.78 is 0. The molecule has 0 spiro atoms. The van der Waals surface area contributed by atoms with Crippen LogP contribution in [0.25, 0.3) is 0 Å². The molecule has 0 atom stereocenters. The Kier molecular flexibility index (Phi) is 4.19. The minimum Gasteiger partial charge on any atom is -0.316 e. The maximum atomic E-state index is 3.33. The maximum absolute atomic E-state index is 3.33. The van der Waals surface area contributed by atoms with Crippen molar-refractivity contribution >= 4 is 0 Å². The topological polar surface area (TPSA) is 15.3 Å². The average molecular weight is 232 g/mol. The van der Waals surface area contributed by atoms with Gasteiger partial charge in [-0.15, -0.1) is 0 Å². The van der Waals surface area contributed by atoms with E-state index in [1.165, 1.54) is 49.3 Å². The molecule has 1 aliphatic heterocycles. The van der Waals surface area contributed by atoms with Crippen LogP contribution >= 0.6 is 0 Å². The summed E-state index contributed by atoms with van der Waals surface area (Å²) in [6.07, 6.45) is 1.17. The van der Waals surface area contributed by atoms with Gasteiger partial charge < -0.3 is 10.2 Å². The second-order valence-electron chi connectivity index (χ2n) is 5.47. The molecule has 0 radical (unpaired) electrons. The summed E-state index contributed by atoms with van der Waals surface area (Å²) in [6, 6.07) is 6.76. The number of benzene rings is 1. The van der Waals surface area contributed by atoms with Crippen molar-refractivity contribution in [1.82, 2.24) is 10.2 Å². The molecular formula is C15H24N2. The van der Waals surface area contributed by atoms with Gasteiger partial charge in [0.25, 0.3) is 0 Å². The summed E-state index contributed by atoms with van der Waals surface area (Å²) in [5, 5.41) is 3.33. The fraction of sp³-hybridized carbons (Fsp3) is 0.600. The highest BCUT2D eigenvalue weighted by molar-refractivity contribution is 5.30. The first-order chi connectivity index (χ1) is 8.15. The van der Waals surface area contributed by atoms with E-state index < -0.39 is 0 Å². The summed E-state index contributed by atoms with van der Waals surface area (Å²) in [5.41, 5.74) is 4.30. The predicted molar refractivity (Wildman–Crippen MR) is 73.5 cm³/mol. The van der Waals surface area contributed by atoms with Crippen molar-refractivity contribution in [2.75, 3.05) is 33.2 Å². The lowest BCUT2D eigenvalue weighted by atomic mass is 10.0. The zero-order valence-corrected chi connectivity index (χ0v) is 11.3. The number of rotatable bonds is 5. The predicted octanol–water partition coefficient (Wildman–Crippen LogP) is 2.00. The van der Waals surface area contributed by atoms with Crippen molar-refractivity contribution in [1.29, 1.82) is 0 Å². The standard InChI is InChI=1S/C15H24N2/c1-12-4-5-13(2)15(8-12)6-7-17(3)11-14-9-16-10-14/h4-5,8,14,16H,6-7,9-11H2,1-3H3. The quantitative estimate of drug-likeness (QED) is 0.835. The third kappa shape index (κ3) is 3.55. The highest BCUT2D eigenvalue weighted by atomic mass is 15.1. The van der Waals surface area contributed by atoms with Gasteiger partial charge in [-0.05, 0) is 44.4 Å². The van der Waals surface area contributed by atoms with Crippen molar-refractivity contribution in [3.8, 4) is 0 Å². The third-order valence-corrected chi connectivity index (χ3v) is 3.70. The zero-order valence-electron chi connectivity index (χ0n) is 11.3. The Labute approximate surface area is 105 Å². The number of likely N-dealkylation sites (N-methyl/N-ethyl adjacent to an activating group) is 1. The monoisotopic (exact) mass is 232 g/mol. The van der Waals surface area contributed by atoms with E-state index in [0.29, 0.717) is 0 Å². The van der Waals surface area contributed by atoms with Gasteiger partial charge in [-0.3, -0.25) is 0 Å². The number of aryl methyl sites for hydroxylation is 2. The Hall–Kier alpha value is -0.860. The van der Waals surface area contributed by atoms with Crippen LogP contribution in [0, 0.1) is 19.8 Å². The molecule has 2 rings (SSSR count). The summed E-state index contributed by atoms with van der Waals surface area (Å²) in [4.78, 5) is 2.47. The third-order valence-electron chi connectivity index (χ3n) is 3.70. The smallest absolute Gasteiger partial charge is 0.00311 e. The molecule has 1 heterocycles. The minimum absolute atomic E-state index is 0.874. The van der Waals surface area contributed by atoms with E-state index in [2.05, 4.69) is 49.3 Å². The molecule has 1 fully saturated rings. The SMILES string of the molecule is Cc1ccc(C)c(CCN(C)CC2CNC2)c1. The average Bonchev–Trinajstić information content (AvgIpc) is 2.25. The van der Waals surface area contributed by atoms with Gasteiger partial charge in [0, 0.05) is 26.2 Å². The second kappa shape index (κ2) is 5.65. The van der Waals surface area contributed by atoms with Gasteiger partial charge in [0.15, 0.2) is 0 Å².